The topological polar surface area (TPSA) is 42.0 Å². The van der Waals surface area contributed by atoms with Crippen LogP contribution in [0, 0.1) is 12.9 Å². The first-order valence-corrected chi connectivity index (χ1v) is 6.13. The number of aromatic nitrogens is 1. The normalized spacial score (nSPS) is 10.3. The van der Waals surface area contributed by atoms with E-state index in [2.05, 4.69) is 10.3 Å². The molecular weight excluding hydrogens is 243 g/mol. The van der Waals surface area contributed by atoms with Gasteiger partial charge in [0.2, 0.25) is 5.95 Å². The van der Waals surface area contributed by atoms with Gasteiger partial charge in [-0.2, -0.15) is 4.39 Å². The van der Waals surface area contributed by atoms with E-state index in [1.165, 1.54) is 18.3 Å². The maximum atomic E-state index is 12.7. The van der Waals surface area contributed by atoms with E-state index < -0.39 is 5.95 Å². The Labute approximate surface area is 111 Å². The van der Waals surface area contributed by atoms with Crippen molar-refractivity contribution < 1.29 is 9.18 Å². The third kappa shape index (κ3) is 2.96. The van der Waals surface area contributed by atoms with Crippen molar-refractivity contribution in [2.24, 2.45) is 0 Å². The summed E-state index contributed by atoms with van der Waals surface area (Å²) in [7, 11) is 0. The number of para-hydroxylation sites is 1. The number of hydrogen-bond donors (Lipinski definition) is 1. The van der Waals surface area contributed by atoms with Crippen LogP contribution in [0.15, 0.2) is 36.5 Å². The number of nitrogens with zero attached hydrogens (tertiary/aromatic N) is 1. The molecule has 0 bridgehead atoms. The number of carbonyl (C=O) groups is 1. The zero-order valence-corrected chi connectivity index (χ0v) is 10.9. The molecule has 1 heterocycles. The zero-order chi connectivity index (χ0) is 13.8. The van der Waals surface area contributed by atoms with Crippen molar-refractivity contribution in [3.05, 3.63) is 59.2 Å². The summed E-state index contributed by atoms with van der Waals surface area (Å²) in [6, 6.07) is 8.47. The fourth-order valence-corrected chi connectivity index (χ4v) is 1.90. The summed E-state index contributed by atoms with van der Waals surface area (Å²) in [5.41, 5.74) is 3.23. The maximum absolute atomic E-state index is 12.7. The second-order valence-electron chi connectivity index (χ2n) is 4.29. The average Bonchev–Trinajstić information content (AvgIpc) is 2.41. The highest BCUT2D eigenvalue weighted by molar-refractivity contribution is 6.04. The molecule has 1 amide bonds. The number of carbonyl (C=O) groups excluding carboxylic acids is 1. The summed E-state index contributed by atoms with van der Waals surface area (Å²) in [5.74, 6) is -0.877. The summed E-state index contributed by atoms with van der Waals surface area (Å²) in [4.78, 5) is 15.6. The Morgan fingerprint density at radius 3 is 2.74 bits per heavy atom. The van der Waals surface area contributed by atoms with Gasteiger partial charge in [-0.1, -0.05) is 25.1 Å². The van der Waals surface area contributed by atoms with Gasteiger partial charge in [0.05, 0.1) is 5.56 Å². The van der Waals surface area contributed by atoms with Crippen molar-refractivity contribution in [3.8, 4) is 0 Å². The van der Waals surface area contributed by atoms with Crippen LogP contribution in [0.2, 0.25) is 0 Å². The highest BCUT2D eigenvalue weighted by atomic mass is 19.1. The van der Waals surface area contributed by atoms with Crippen LogP contribution in [0.4, 0.5) is 10.1 Å². The quantitative estimate of drug-likeness (QED) is 0.858. The molecule has 1 aromatic carbocycles. The number of halogens is 1. The van der Waals surface area contributed by atoms with Crippen LogP contribution in [0.3, 0.4) is 0 Å². The number of benzene rings is 1. The first-order chi connectivity index (χ1) is 9.11. The van der Waals surface area contributed by atoms with Crippen LogP contribution in [-0.2, 0) is 6.42 Å². The van der Waals surface area contributed by atoms with Crippen molar-refractivity contribution >= 4 is 11.6 Å². The Morgan fingerprint density at radius 1 is 1.32 bits per heavy atom. The van der Waals surface area contributed by atoms with E-state index in [4.69, 9.17) is 0 Å². The van der Waals surface area contributed by atoms with Gasteiger partial charge in [0.25, 0.3) is 5.91 Å². The number of pyridine rings is 1. The van der Waals surface area contributed by atoms with Crippen LogP contribution in [0.1, 0.15) is 28.4 Å². The van der Waals surface area contributed by atoms with Crippen molar-refractivity contribution in [3.63, 3.8) is 0 Å². The lowest BCUT2D eigenvalue weighted by Crippen LogP contribution is -2.14. The number of anilines is 1. The molecule has 2 rings (SSSR count). The molecule has 4 heteroatoms. The van der Waals surface area contributed by atoms with Gasteiger partial charge >= 0.3 is 0 Å². The van der Waals surface area contributed by atoms with Gasteiger partial charge in [0.15, 0.2) is 0 Å². The van der Waals surface area contributed by atoms with Gasteiger partial charge in [-0.15, -0.1) is 0 Å². The SMILES string of the molecule is CCc1cccc(C)c1NC(=O)c1ccc(F)nc1. The van der Waals surface area contributed by atoms with Crippen LogP contribution >= 0.6 is 0 Å². The van der Waals surface area contributed by atoms with Gasteiger partial charge in [-0.25, -0.2) is 4.98 Å². The van der Waals surface area contributed by atoms with Crippen molar-refractivity contribution in [1.82, 2.24) is 4.98 Å². The number of hydrogen-bond acceptors (Lipinski definition) is 2. The van der Waals surface area contributed by atoms with E-state index in [0.29, 0.717) is 5.56 Å². The molecule has 2 aromatic rings. The molecule has 0 aliphatic heterocycles. The lowest BCUT2D eigenvalue weighted by Gasteiger charge is -2.12. The standard InChI is InChI=1S/C15H15FN2O/c1-3-11-6-4-5-10(2)14(11)18-15(19)12-7-8-13(16)17-9-12/h4-9H,3H2,1-2H3,(H,18,19). The number of nitrogens with one attached hydrogen (secondary N) is 1. The van der Waals surface area contributed by atoms with E-state index in [9.17, 15) is 9.18 Å². The summed E-state index contributed by atoms with van der Waals surface area (Å²) in [6.45, 7) is 3.97. The number of aryl methyl sites for hydroxylation is 2. The van der Waals surface area contributed by atoms with E-state index in [0.717, 1.165) is 23.2 Å². The molecule has 0 radical (unpaired) electrons. The van der Waals surface area contributed by atoms with E-state index in [1.54, 1.807) is 0 Å². The summed E-state index contributed by atoms with van der Waals surface area (Å²) < 4.78 is 12.7. The first kappa shape index (κ1) is 13.2. The second kappa shape index (κ2) is 5.61. The lowest BCUT2D eigenvalue weighted by molar-refractivity contribution is 0.102. The predicted molar refractivity (Wildman–Crippen MR) is 72.7 cm³/mol. The average molecular weight is 258 g/mol. The minimum atomic E-state index is -0.596. The van der Waals surface area contributed by atoms with Gasteiger partial charge in [-0.3, -0.25) is 4.79 Å². The molecule has 19 heavy (non-hydrogen) atoms. The maximum Gasteiger partial charge on any atom is 0.257 e. The molecule has 1 aromatic heterocycles. The van der Waals surface area contributed by atoms with Crippen molar-refractivity contribution in [2.75, 3.05) is 5.32 Å². The fourth-order valence-electron chi connectivity index (χ4n) is 1.90. The predicted octanol–water partition coefficient (Wildman–Crippen LogP) is 3.34. The molecule has 0 spiro atoms. The Morgan fingerprint density at radius 2 is 2.11 bits per heavy atom. The Hall–Kier alpha value is -2.23. The highest BCUT2D eigenvalue weighted by Crippen LogP contribution is 2.21. The van der Waals surface area contributed by atoms with Crippen LogP contribution in [0.25, 0.3) is 0 Å². The third-order valence-electron chi connectivity index (χ3n) is 2.97. The van der Waals surface area contributed by atoms with Crippen LogP contribution in [-0.4, -0.2) is 10.9 Å². The number of rotatable bonds is 3. The monoisotopic (exact) mass is 258 g/mol. The van der Waals surface area contributed by atoms with Gasteiger partial charge in [-0.05, 0) is 36.6 Å². The molecule has 1 N–H and O–H groups in total. The largest absolute Gasteiger partial charge is 0.321 e. The number of amides is 1. The Balaban J connectivity index is 2.26. The zero-order valence-electron chi connectivity index (χ0n) is 10.9. The Bertz CT molecular complexity index is 594. The fraction of sp³-hybridized carbons (Fsp3) is 0.200. The van der Waals surface area contributed by atoms with Crippen LogP contribution in [0.5, 0.6) is 0 Å². The molecule has 0 fully saturated rings. The third-order valence-corrected chi connectivity index (χ3v) is 2.97. The molecule has 3 nitrogen and oxygen atoms in total. The lowest BCUT2D eigenvalue weighted by atomic mass is 10.1. The van der Waals surface area contributed by atoms with Gasteiger partial charge < -0.3 is 5.32 Å². The minimum absolute atomic E-state index is 0.281. The Kier molecular flexibility index (Phi) is 3.90. The van der Waals surface area contributed by atoms with E-state index in [1.807, 2.05) is 32.0 Å². The van der Waals surface area contributed by atoms with Gasteiger partial charge in [0.1, 0.15) is 0 Å². The molecule has 0 saturated carbocycles. The molecule has 0 saturated heterocycles. The van der Waals surface area contributed by atoms with Gasteiger partial charge in [0, 0.05) is 11.9 Å². The second-order valence-corrected chi connectivity index (χ2v) is 4.29. The smallest absolute Gasteiger partial charge is 0.257 e. The van der Waals surface area contributed by atoms with E-state index in [-0.39, 0.29) is 5.91 Å². The molecule has 98 valence electrons. The molecule has 0 unspecified atom stereocenters. The minimum Gasteiger partial charge on any atom is -0.321 e. The summed E-state index contributed by atoms with van der Waals surface area (Å²) in [5, 5.41) is 2.86. The van der Waals surface area contributed by atoms with E-state index >= 15 is 0 Å². The molecule has 0 atom stereocenters. The summed E-state index contributed by atoms with van der Waals surface area (Å²) in [6.07, 6.45) is 2.06. The first-order valence-electron chi connectivity index (χ1n) is 6.13. The molecular formula is C15H15FN2O. The van der Waals surface area contributed by atoms with Crippen molar-refractivity contribution in [2.45, 2.75) is 20.3 Å². The van der Waals surface area contributed by atoms with Crippen LogP contribution < -0.4 is 5.32 Å². The molecule has 0 aliphatic carbocycles. The molecule has 0 aliphatic rings. The van der Waals surface area contributed by atoms with Crippen molar-refractivity contribution in [1.29, 1.82) is 0 Å². The summed E-state index contributed by atoms with van der Waals surface area (Å²) >= 11 is 0. The highest BCUT2D eigenvalue weighted by Gasteiger charge is 2.10.